The first-order valence-corrected chi connectivity index (χ1v) is 5.12. The summed E-state index contributed by atoms with van der Waals surface area (Å²) < 4.78 is 10.9. The zero-order valence-electron chi connectivity index (χ0n) is 8.48. The average Bonchev–Trinajstić information content (AvgIpc) is 2.23. The predicted octanol–water partition coefficient (Wildman–Crippen LogP) is 2.24. The van der Waals surface area contributed by atoms with Crippen LogP contribution in [0, 0.1) is 5.92 Å². The Labute approximate surface area is 84.8 Å². The molecule has 1 aromatic carbocycles. The number of hydrogen-bond donors (Lipinski definition) is 0. The van der Waals surface area contributed by atoms with Crippen LogP contribution in [0.3, 0.4) is 0 Å². The molecule has 1 aliphatic rings. The highest BCUT2D eigenvalue weighted by Gasteiger charge is 2.18. The smallest absolute Gasteiger partial charge is 0.154 e. The normalized spacial score (nSPS) is 27.5. The molecule has 2 nitrogen and oxygen atoms in total. The van der Waals surface area contributed by atoms with Gasteiger partial charge in [0.1, 0.15) is 0 Å². The monoisotopic (exact) mass is 192 g/mol. The van der Waals surface area contributed by atoms with Gasteiger partial charge in [-0.05, 0) is 18.9 Å². The van der Waals surface area contributed by atoms with E-state index in [1.165, 1.54) is 5.56 Å². The van der Waals surface area contributed by atoms with E-state index >= 15 is 0 Å². The van der Waals surface area contributed by atoms with Crippen LogP contribution in [0.15, 0.2) is 30.3 Å². The molecule has 0 unspecified atom stereocenters. The van der Waals surface area contributed by atoms with Crippen LogP contribution in [0.25, 0.3) is 0 Å². The van der Waals surface area contributed by atoms with Gasteiger partial charge >= 0.3 is 0 Å². The van der Waals surface area contributed by atoms with E-state index in [9.17, 15) is 0 Å². The lowest BCUT2D eigenvalue weighted by atomic mass is 10.0. The summed E-state index contributed by atoms with van der Waals surface area (Å²) in [5.74, 6) is 0.508. The van der Waals surface area contributed by atoms with E-state index in [0.29, 0.717) is 5.92 Å². The maximum absolute atomic E-state index is 5.44. The summed E-state index contributed by atoms with van der Waals surface area (Å²) in [5, 5.41) is 0. The molecule has 0 amide bonds. The molecule has 14 heavy (non-hydrogen) atoms. The Balaban J connectivity index is 1.87. The number of benzene rings is 1. The molecular formula is C12H16O2. The zero-order chi connectivity index (χ0) is 9.80. The van der Waals surface area contributed by atoms with Crippen LogP contribution in [0.4, 0.5) is 0 Å². The summed E-state index contributed by atoms with van der Waals surface area (Å²) in [5.41, 5.74) is 1.36. The summed E-state index contributed by atoms with van der Waals surface area (Å²) in [4.78, 5) is 0. The molecule has 1 saturated heterocycles. The van der Waals surface area contributed by atoms with Crippen LogP contribution in [0.1, 0.15) is 12.5 Å². The molecule has 0 atom stereocenters. The van der Waals surface area contributed by atoms with Crippen LogP contribution in [0.5, 0.6) is 0 Å². The molecular weight excluding hydrogens is 176 g/mol. The van der Waals surface area contributed by atoms with E-state index in [0.717, 1.165) is 19.6 Å². The van der Waals surface area contributed by atoms with E-state index in [1.54, 1.807) is 0 Å². The van der Waals surface area contributed by atoms with Crippen molar-refractivity contribution in [1.82, 2.24) is 0 Å². The van der Waals surface area contributed by atoms with E-state index < -0.39 is 0 Å². The van der Waals surface area contributed by atoms with Gasteiger partial charge in [0.15, 0.2) is 6.29 Å². The molecule has 0 saturated carbocycles. The lowest BCUT2D eigenvalue weighted by Gasteiger charge is -2.27. The fraction of sp³-hybridized carbons (Fsp3) is 0.500. The minimum atomic E-state index is -0.0259. The lowest BCUT2D eigenvalue weighted by Crippen LogP contribution is -2.31. The van der Waals surface area contributed by atoms with Crippen molar-refractivity contribution in [3.05, 3.63) is 35.9 Å². The Morgan fingerprint density at radius 3 is 2.43 bits per heavy atom. The van der Waals surface area contributed by atoms with Crippen molar-refractivity contribution in [2.45, 2.75) is 19.6 Å². The van der Waals surface area contributed by atoms with Crippen LogP contribution >= 0.6 is 0 Å². The molecule has 1 heterocycles. The SMILES string of the molecule is CC1OCC(Cc2ccccc2)CO1. The maximum atomic E-state index is 5.44. The van der Waals surface area contributed by atoms with Crippen LogP contribution in [-0.4, -0.2) is 19.5 Å². The minimum Gasteiger partial charge on any atom is -0.353 e. The molecule has 0 aromatic heterocycles. The van der Waals surface area contributed by atoms with Gasteiger partial charge in [-0.15, -0.1) is 0 Å². The largest absolute Gasteiger partial charge is 0.353 e. The molecule has 0 aliphatic carbocycles. The highest BCUT2D eigenvalue weighted by molar-refractivity contribution is 5.15. The molecule has 76 valence electrons. The number of ether oxygens (including phenoxy) is 2. The summed E-state index contributed by atoms with van der Waals surface area (Å²) in [6.45, 7) is 3.57. The van der Waals surface area contributed by atoms with Crippen LogP contribution in [-0.2, 0) is 15.9 Å². The maximum Gasteiger partial charge on any atom is 0.154 e. The third kappa shape index (κ3) is 2.56. The second-order valence-corrected chi connectivity index (χ2v) is 3.79. The Kier molecular flexibility index (Phi) is 3.17. The summed E-state index contributed by atoms with van der Waals surface area (Å²) >= 11 is 0. The van der Waals surface area contributed by atoms with E-state index in [-0.39, 0.29) is 6.29 Å². The van der Waals surface area contributed by atoms with Gasteiger partial charge in [-0.2, -0.15) is 0 Å². The van der Waals surface area contributed by atoms with E-state index in [1.807, 2.05) is 13.0 Å². The molecule has 1 fully saturated rings. The van der Waals surface area contributed by atoms with Gasteiger partial charge in [0.2, 0.25) is 0 Å². The average molecular weight is 192 g/mol. The molecule has 1 aromatic rings. The van der Waals surface area contributed by atoms with Gasteiger partial charge in [0, 0.05) is 5.92 Å². The zero-order valence-corrected chi connectivity index (χ0v) is 8.48. The fourth-order valence-electron chi connectivity index (χ4n) is 1.70. The first-order chi connectivity index (χ1) is 6.84. The minimum absolute atomic E-state index is 0.0259. The molecule has 0 radical (unpaired) electrons. The van der Waals surface area contributed by atoms with Crippen molar-refractivity contribution in [2.24, 2.45) is 5.92 Å². The first-order valence-electron chi connectivity index (χ1n) is 5.12. The Morgan fingerprint density at radius 2 is 1.79 bits per heavy atom. The van der Waals surface area contributed by atoms with Gasteiger partial charge in [0.25, 0.3) is 0 Å². The Bertz CT molecular complexity index is 263. The van der Waals surface area contributed by atoms with Gasteiger partial charge in [0.05, 0.1) is 13.2 Å². The lowest BCUT2D eigenvalue weighted by molar-refractivity contribution is -0.189. The number of rotatable bonds is 2. The van der Waals surface area contributed by atoms with E-state index in [2.05, 4.69) is 24.3 Å². The third-order valence-corrected chi connectivity index (χ3v) is 2.50. The Morgan fingerprint density at radius 1 is 1.14 bits per heavy atom. The fourth-order valence-corrected chi connectivity index (χ4v) is 1.70. The molecule has 2 heteroatoms. The highest BCUT2D eigenvalue weighted by Crippen LogP contribution is 2.15. The molecule has 1 aliphatic heterocycles. The van der Waals surface area contributed by atoms with Crippen molar-refractivity contribution in [1.29, 1.82) is 0 Å². The standard InChI is InChI=1S/C12H16O2/c1-10-13-8-12(9-14-10)7-11-5-3-2-4-6-11/h2-6,10,12H,7-9H2,1H3. The third-order valence-electron chi connectivity index (χ3n) is 2.50. The van der Waals surface area contributed by atoms with Crippen molar-refractivity contribution in [3.8, 4) is 0 Å². The topological polar surface area (TPSA) is 18.5 Å². The van der Waals surface area contributed by atoms with Crippen LogP contribution in [0.2, 0.25) is 0 Å². The number of hydrogen-bond acceptors (Lipinski definition) is 2. The van der Waals surface area contributed by atoms with Crippen LogP contribution < -0.4 is 0 Å². The second-order valence-electron chi connectivity index (χ2n) is 3.79. The molecule has 0 N–H and O–H groups in total. The van der Waals surface area contributed by atoms with E-state index in [4.69, 9.17) is 9.47 Å². The quantitative estimate of drug-likeness (QED) is 0.715. The van der Waals surface area contributed by atoms with Crippen molar-refractivity contribution in [2.75, 3.05) is 13.2 Å². The molecule has 2 rings (SSSR count). The highest BCUT2D eigenvalue weighted by atomic mass is 16.7. The first kappa shape index (κ1) is 9.69. The molecule has 0 spiro atoms. The van der Waals surface area contributed by atoms with Gasteiger partial charge in [-0.1, -0.05) is 30.3 Å². The summed E-state index contributed by atoms with van der Waals surface area (Å²) in [6.07, 6.45) is 1.02. The summed E-state index contributed by atoms with van der Waals surface area (Å²) in [6, 6.07) is 10.5. The van der Waals surface area contributed by atoms with Gasteiger partial charge in [-0.3, -0.25) is 0 Å². The van der Waals surface area contributed by atoms with Gasteiger partial charge < -0.3 is 9.47 Å². The molecule has 0 bridgehead atoms. The predicted molar refractivity (Wildman–Crippen MR) is 55.0 cm³/mol. The van der Waals surface area contributed by atoms with Crippen molar-refractivity contribution in [3.63, 3.8) is 0 Å². The second kappa shape index (κ2) is 4.58. The van der Waals surface area contributed by atoms with Crippen molar-refractivity contribution >= 4 is 0 Å². The van der Waals surface area contributed by atoms with Gasteiger partial charge in [-0.25, -0.2) is 0 Å². The van der Waals surface area contributed by atoms with Crippen molar-refractivity contribution < 1.29 is 9.47 Å². The Hall–Kier alpha value is -0.860. The summed E-state index contributed by atoms with van der Waals surface area (Å²) in [7, 11) is 0.